The standard InChI is InChI=1S/C17H13ClN4O/c1-12-3-2-4-13(9-12)16-11-20-21-22(16)15-10-14(18)5-6-17(15)23-8-7-19/h2-6,9-11H,8H2,1H3. The molecule has 0 radical (unpaired) electrons. The first kappa shape index (κ1) is 15.1. The van der Waals surface area contributed by atoms with E-state index in [-0.39, 0.29) is 6.61 Å². The van der Waals surface area contributed by atoms with Gasteiger partial charge in [-0.3, -0.25) is 0 Å². The van der Waals surface area contributed by atoms with E-state index in [9.17, 15) is 0 Å². The van der Waals surface area contributed by atoms with Gasteiger partial charge in [0, 0.05) is 10.6 Å². The minimum Gasteiger partial charge on any atom is -0.476 e. The van der Waals surface area contributed by atoms with Gasteiger partial charge in [-0.2, -0.15) is 5.26 Å². The molecular formula is C17H13ClN4O. The molecule has 0 amide bonds. The van der Waals surface area contributed by atoms with Gasteiger partial charge in [0.15, 0.2) is 6.61 Å². The largest absolute Gasteiger partial charge is 0.476 e. The molecule has 2 aromatic carbocycles. The first-order valence-corrected chi connectivity index (χ1v) is 7.34. The number of halogens is 1. The first-order chi connectivity index (χ1) is 11.2. The number of aryl methyl sites for hydroxylation is 1. The summed E-state index contributed by atoms with van der Waals surface area (Å²) in [5.74, 6) is 0.523. The average molecular weight is 325 g/mol. The van der Waals surface area contributed by atoms with Crippen molar-refractivity contribution in [2.45, 2.75) is 6.92 Å². The third kappa shape index (κ3) is 3.17. The van der Waals surface area contributed by atoms with Crippen LogP contribution in [0.1, 0.15) is 5.56 Å². The third-order valence-electron chi connectivity index (χ3n) is 3.30. The van der Waals surface area contributed by atoms with Gasteiger partial charge in [-0.25, -0.2) is 4.68 Å². The predicted octanol–water partition coefficient (Wildman–Crippen LogP) is 3.80. The molecule has 0 aliphatic carbocycles. The predicted molar refractivity (Wildman–Crippen MR) is 87.7 cm³/mol. The van der Waals surface area contributed by atoms with Gasteiger partial charge in [0.1, 0.15) is 17.5 Å². The molecular weight excluding hydrogens is 312 g/mol. The summed E-state index contributed by atoms with van der Waals surface area (Å²) >= 11 is 6.11. The molecule has 0 bridgehead atoms. The molecule has 0 atom stereocenters. The fourth-order valence-corrected chi connectivity index (χ4v) is 2.47. The Morgan fingerprint density at radius 3 is 2.91 bits per heavy atom. The quantitative estimate of drug-likeness (QED) is 0.732. The highest BCUT2D eigenvalue weighted by Gasteiger charge is 2.14. The van der Waals surface area contributed by atoms with Crippen molar-refractivity contribution in [1.29, 1.82) is 5.26 Å². The van der Waals surface area contributed by atoms with E-state index in [1.165, 1.54) is 0 Å². The molecule has 114 valence electrons. The minimum atomic E-state index is -0.0525. The number of benzene rings is 2. The van der Waals surface area contributed by atoms with Crippen LogP contribution in [-0.4, -0.2) is 21.6 Å². The van der Waals surface area contributed by atoms with E-state index in [1.54, 1.807) is 29.1 Å². The second kappa shape index (κ2) is 6.51. The lowest BCUT2D eigenvalue weighted by atomic mass is 10.1. The monoisotopic (exact) mass is 324 g/mol. The zero-order valence-electron chi connectivity index (χ0n) is 12.4. The summed E-state index contributed by atoms with van der Waals surface area (Å²) in [5, 5.41) is 17.4. The van der Waals surface area contributed by atoms with E-state index < -0.39 is 0 Å². The van der Waals surface area contributed by atoms with E-state index in [1.807, 2.05) is 31.2 Å². The molecule has 0 unspecified atom stereocenters. The number of aromatic nitrogens is 3. The van der Waals surface area contributed by atoms with Gasteiger partial charge >= 0.3 is 0 Å². The molecule has 1 aromatic heterocycles. The second-order valence-electron chi connectivity index (χ2n) is 4.96. The highest BCUT2D eigenvalue weighted by molar-refractivity contribution is 6.30. The van der Waals surface area contributed by atoms with Gasteiger partial charge in [-0.05, 0) is 31.2 Å². The fourth-order valence-electron chi connectivity index (χ4n) is 2.30. The summed E-state index contributed by atoms with van der Waals surface area (Å²) in [4.78, 5) is 0. The maximum absolute atomic E-state index is 8.73. The fraction of sp³-hybridized carbons (Fsp3) is 0.118. The van der Waals surface area contributed by atoms with Crippen LogP contribution >= 0.6 is 11.6 Å². The summed E-state index contributed by atoms with van der Waals surface area (Å²) in [5.41, 5.74) is 3.59. The second-order valence-corrected chi connectivity index (χ2v) is 5.40. The van der Waals surface area contributed by atoms with E-state index >= 15 is 0 Å². The molecule has 23 heavy (non-hydrogen) atoms. The number of hydrogen-bond acceptors (Lipinski definition) is 4. The van der Waals surface area contributed by atoms with Crippen LogP contribution in [0, 0.1) is 18.3 Å². The lowest BCUT2D eigenvalue weighted by Gasteiger charge is -2.12. The van der Waals surface area contributed by atoms with Crippen LogP contribution < -0.4 is 4.74 Å². The Bertz CT molecular complexity index is 882. The molecule has 0 aliphatic heterocycles. The normalized spacial score (nSPS) is 10.3. The first-order valence-electron chi connectivity index (χ1n) is 6.96. The molecule has 0 saturated carbocycles. The summed E-state index contributed by atoms with van der Waals surface area (Å²) in [6.07, 6.45) is 1.68. The van der Waals surface area contributed by atoms with Gasteiger partial charge in [0.2, 0.25) is 0 Å². The topological polar surface area (TPSA) is 63.7 Å². The van der Waals surface area contributed by atoms with Crippen molar-refractivity contribution in [3.05, 3.63) is 59.2 Å². The summed E-state index contributed by atoms with van der Waals surface area (Å²) in [7, 11) is 0. The smallest absolute Gasteiger partial charge is 0.174 e. The van der Waals surface area contributed by atoms with Crippen LogP contribution in [0.25, 0.3) is 16.9 Å². The highest BCUT2D eigenvalue weighted by atomic mass is 35.5. The van der Waals surface area contributed by atoms with E-state index in [0.29, 0.717) is 16.5 Å². The number of hydrogen-bond donors (Lipinski definition) is 0. The van der Waals surface area contributed by atoms with Crippen LogP contribution in [0.5, 0.6) is 5.75 Å². The number of ether oxygens (including phenoxy) is 1. The van der Waals surface area contributed by atoms with Gasteiger partial charge in [-0.15, -0.1) is 5.10 Å². The average Bonchev–Trinajstić information content (AvgIpc) is 3.03. The Hall–Kier alpha value is -2.84. The van der Waals surface area contributed by atoms with Gasteiger partial charge < -0.3 is 4.74 Å². The lowest BCUT2D eigenvalue weighted by molar-refractivity contribution is 0.366. The van der Waals surface area contributed by atoms with Crippen molar-refractivity contribution < 1.29 is 4.74 Å². The number of nitriles is 1. The summed E-state index contributed by atoms with van der Waals surface area (Å²) < 4.78 is 7.13. The van der Waals surface area contributed by atoms with Gasteiger partial charge in [0.25, 0.3) is 0 Å². The molecule has 3 aromatic rings. The maximum atomic E-state index is 8.73. The van der Waals surface area contributed by atoms with Crippen LogP contribution in [0.2, 0.25) is 5.02 Å². The van der Waals surface area contributed by atoms with Gasteiger partial charge in [0.05, 0.1) is 11.9 Å². The van der Waals surface area contributed by atoms with Crippen molar-refractivity contribution >= 4 is 11.6 Å². The van der Waals surface area contributed by atoms with Gasteiger partial charge in [-0.1, -0.05) is 40.6 Å². The zero-order valence-corrected chi connectivity index (χ0v) is 13.2. The third-order valence-corrected chi connectivity index (χ3v) is 3.54. The van der Waals surface area contributed by atoms with E-state index in [2.05, 4.69) is 16.4 Å². The molecule has 0 saturated heterocycles. The number of nitrogens with zero attached hydrogens (tertiary/aromatic N) is 4. The molecule has 6 heteroatoms. The Balaban J connectivity index is 2.12. The minimum absolute atomic E-state index is 0.0525. The van der Waals surface area contributed by atoms with Crippen molar-refractivity contribution in [3.8, 4) is 28.8 Å². The molecule has 5 nitrogen and oxygen atoms in total. The molecule has 0 aliphatic rings. The zero-order chi connectivity index (χ0) is 16.2. The Morgan fingerprint density at radius 2 is 2.13 bits per heavy atom. The SMILES string of the molecule is Cc1cccc(-c2cnnn2-c2cc(Cl)ccc2OCC#N)c1. The van der Waals surface area contributed by atoms with Crippen molar-refractivity contribution in [1.82, 2.24) is 15.0 Å². The Morgan fingerprint density at radius 1 is 1.26 bits per heavy atom. The molecule has 0 fully saturated rings. The Labute approximate surface area is 138 Å². The van der Waals surface area contributed by atoms with Crippen molar-refractivity contribution in [2.24, 2.45) is 0 Å². The van der Waals surface area contributed by atoms with Crippen LogP contribution in [0.15, 0.2) is 48.7 Å². The number of rotatable bonds is 4. The summed E-state index contributed by atoms with van der Waals surface area (Å²) in [6.45, 7) is 1.97. The van der Waals surface area contributed by atoms with Crippen LogP contribution in [0.4, 0.5) is 0 Å². The molecule has 0 N–H and O–H groups in total. The molecule has 3 rings (SSSR count). The summed E-state index contributed by atoms with van der Waals surface area (Å²) in [6, 6.07) is 15.2. The van der Waals surface area contributed by atoms with Crippen LogP contribution in [0.3, 0.4) is 0 Å². The maximum Gasteiger partial charge on any atom is 0.174 e. The van der Waals surface area contributed by atoms with Crippen LogP contribution in [-0.2, 0) is 0 Å². The van der Waals surface area contributed by atoms with E-state index in [4.69, 9.17) is 21.6 Å². The molecule has 1 heterocycles. The Kier molecular flexibility index (Phi) is 4.26. The van der Waals surface area contributed by atoms with E-state index in [0.717, 1.165) is 16.8 Å². The van der Waals surface area contributed by atoms with Crippen molar-refractivity contribution in [2.75, 3.05) is 6.61 Å². The molecule has 0 spiro atoms. The highest BCUT2D eigenvalue weighted by Crippen LogP contribution is 2.30. The van der Waals surface area contributed by atoms with Crippen molar-refractivity contribution in [3.63, 3.8) is 0 Å². The lowest BCUT2D eigenvalue weighted by Crippen LogP contribution is -2.04.